The summed E-state index contributed by atoms with van der Waals surface area (Å²) in [4.78, 5) is -0.0877. The van der Waals surface area contributed by atoms with E-state index in [-0.39, 0.29) is 16.3 Å². The predicted octanol–water partition coefficient (Wildman–Crippen LogP) is 3.60. The monoisotopic (exact) mass is 321 g/mol. The summed E-state index contributed by atoms with van der Waals surface area (Å²) < 4.78 is 39.2. The maximum absolute atomic E-state index is 13.3. The summed E-state index contributed by atoms with van der Waals surface area (Å²) in [5.74, 6) is -0.816. The Bertz CT molecular complexity index is 896. The molecule has 0 spiro atoms. The average molecular weight is 321 g/mol. The van der Waals surface area contributed by atoms with Crippen molar-refractivity contribution in [1.82, 2.24) is 0 Å². The maximum atomic E-state index is 13.3. The van der Waals surface area contributed by atoms with Crippen molar-refractivity contribution in [2.45, 2.75) is 10.6 Å². The quantitative estimate of drug-likeness (QED) is 0.750. The highest BCUT2D eigenvalue weighted by molar-refractivity contribution is 7.90. The van der Waals surface area contributed by atoms with Gasteiger partial charge in [0.15, 0.2) is 9.84 Å². The molecule has 1 aromatic heterocycles. The molecule has 0 aliphatic heterocycles. The lowest BCUT2D eigenvalue weighted by atomic mass is 10.2. The molecule has 0 unspecified atom stereocenters. The standard InChI is InChI=1S/C15H12FNO2S2/c16-11-5-12(17)7-13(6-11)21(18,19)9-10-8-20-15-4-2-1-3-14(10)15/h1-8H,9,17H2. The Balaban J connectivity index is 2.03. The van der Waals surface area contributed by atoms with Gasteiger partial charge in [-0.2, -0.15) is 0 Å². The van der Waals surface area contributed by atoms with Crippen LogP contribution in [0.4, 0.5) is 10.1 Å². The van der Waals surface area contributed by atoms with Crippen LogP contribution in [-0.4, -0.2) is 8.42 Å². The van der Waals surface area contributed by atoms with E-state index in [9.17, 15) is 12.8 Å². The summed E-state index contributed by atoms with van der Waals surface area (Å²) in [5, 5.41) is 2.74. The fourth-order valence-corrected chi connectivity index (χ4v) is 4.69. The molecule has 0 radical (unpaired) electrons. The highest BCUT2D eigenvalue weighted by atomic mass is 32.2. The highest BCUT2D eigenvalue weighted by Crippen LogP contribution is 2.29. The van der Waals surface area contributed by atoms with E-state index in [1.54, 1.807) is 0 Å². The number of fused-ring (bicyclic) bond motifs is 1. The van der Waals surface area contributed by atoms with Crippen LogP contribution in [0.25, 0.3) is 10.1 Å². The number of hydrogen-bond acceptors (Lipinski definition) is 4. The van der Waals surface area contributed by atoms with Gasteiger partial charge in [-0.1, -0.05) is 18.2 Å². The van der Waals surface area contributed by atoms with Gasteiger partial charge in [-0.15, -0.1) is 11.3 Å². The van der Waals surface area contributed by atoms with Gasteiger partial charge in [-0.05, 0) is 40.6 Å². The Kier molecular flexibility index (Phi) is 3.43. The summed E-state index contributed by atoms with van der Waals surface area (Å²) in [6.07, 6.45) is 0. The van der Waals surface area contributed by atoms with Crippen LogP contribution < -0.4 is 5.73 Å². The van der Waals surface area contributed by atoms with Gasteiger partial charge < -0.3 is 5.73 Å². The summed E-state index contributed by atoms with van der Waals surface area (Å²) in [7, 11) is -3.63. The van der Waals surface area contributed by atoms with Crippen LogP contribution in [0.1, 0.15) is 5.56 Å². The maximum Gasteiger partial charge on any atom is 0.182 e. The van der Waals surface area contributed by atoms with E-state index in [2.05, 4.69) is 0 Å². The molecule has 0 amide bonds. The number of benzene rings is 2. The van der Waals surface area contributed by atoms with E-state index in [0.717, 1.165) is 27.8 Å². The fourth-order valence-electron chi connectivity index (χ4n) is 2.20. The molecule has 3 aromatic rings. The van der Waals surface area contributed by atoms with Gasteiger partial charge in [0.1, 0.15) is 5.82 Å². The Morgan fingerprint density at radius 3 is 2.67 bits per heavy atom. The molecule has 0 bridgehead atoms. The molecule has 21 heavy (non-hydrogen) atoms. The smallest absolute Gasteiger partial charge is 0.182 e. The van der Waals surface area contributed by atoms with Crippen molar-refractivity contribution in [1.29, 1.82) is 0 Å². The van der Waals surface area contributed by atoms with Gasteiger partial charge in [0.05, 0.1) is 10.6 Å². The van der Waals surface area contributed by atoms with Crippen LogP contribution in [-0.2, 0) is 15.6 Å². The number of halogens is 1. The average Bonchev–Trinajstić information content (AvgIpc) is 2.81. The lowest BCUT2D eigenvalue weighted by Crippen LogP contribution is -2.06. The van der Waals surface area contributed by atoms with Crippen molar-refractivity contribution in [3.63, 3.8) is 0 Å². The van der Waals surface area contributed by atoms with E-state index in [4.69, 9.17) is 5.73 Å². The van der Waals surface area contributed by atoms with Crippen LogP contribution in [0.2, 0.25) is 0 Å². The first-order chi connectivity index (χ1) is 9.95. The topological polar surface area (TPSA) is 60.2 Å². The second-order valence-electron chi connectivity index (χ2n) is 4.74. The van der Waals surface area contributed by atoms with Gasteiger partial charge >= 0.3 is 0 Å². The molecule has 0 aliphatic carbocycles. The number of nitrogen functional groups attached to an aromatic ring is 1. The van der Waals surface area contributed by atoms with Crippen LogP contribution in [0.3, 0.4) is 0 Å². The minimum atomic E-state index is -3.63. The second kappa shape index (κ2) is 5.13. The Hall–Kier alpha value is -1.92. The number of nitrogens with two attached hydrogens (primary N) is 1. The summed E-state index contributed by atoms with van der Waals surface area (Å²) in [6, 6.07) is 11.0. The molecular weight excluding hydrogens is 309 g/mol. The van der Waals surface area contributed by atoms with Crippen molar-refractivity contribution >= 4 is 36.9 Å². The fraction of sp³-hybridized carbons (Fsp3) is 0.0667. The highest BCUT2D eigenvalue weighted by Gasteiger charge is 2.19. The molecule has 0 atom stereocenters. The van der Waals surface area contributed by atoms with Gasteiger partial charge in [0, 0.05) is 10.4 Å². The van der Waals surface area contributed by atoms with Gasteiger partial charge in [-0.3, -0.25) is 0 Å². The van der Waals surface area contributed by atoms with E-state index < -0.39 is 15.7 Å². The van der Waals surface area contributed by atoms with Crippen molar-refractivity contribution in [2.75, 3.05) is 5.73 Å². The predicted molar refractivity (Wildman–Crippen MR) is 83.5 cm³/mol. The van der Waals surface area contributed by atoms with E-state index in [0.29, 0.717) is 0 Å². The van der Waals surface area contributed by atoms with Crippen LogP contribution in [0.5, 0.6) is 0 Å². The third kappa shape index (κ3) is 2.77. The zero-order valence-electron chi connectivity index (χ0n) is 10.9. The minimum absolute atomic E-state index is 0.0877. The Labute approximate surface area is 125 Å². The van der Waals surface area contributed by atoms with Crippen molar-refractivity contribution in [3.05, 3.63) is 59.2 Å². The molecule has 0 aliphatic rings. The first-order valence-corrected chi connectivity index (χ1v) is 8.73. The molecular formula is C15H12FNO2S2. The molecule has 108 valence electrons. The first-order valence-electron chi connectivity index (χ1n) is 6.20. The van der Waals surface area contributed by atoms with Crippen molar-refractivity contribution in [3.8, 4) is 0 Å². The third-order valence-electron chi connectivity index (χ3n) is 3.16. The normalized spacial score (nSPS) is 11.9. The summed E-state index contributed by atoms with van der Waals surface area (Å²) >= 11 is 1.49. The zero-order chi connectivity index (χ0) is 15.0. The summed E-state index contributed by atoms with van der Waals surface area (Å²) in [6.45, 7) is 0. The largest absolute Gasteiger partial charge is 0.399 e. The minimum Gasteiger partial charge on any atom is -0.399 e. The Morgan fingerprint density at radius 2 is 1.90 bits per heavy atom. The zero-order valence-corrected chi connectivity index (χ0v) is 12.5. The third-order valence-corrected chi connectivity index (χ3v) is 5.82. The molecule has 2 N–H and O–H groups in total. The Morgan fingerprint density at radius 1 is 1.14 bits per heavy atom. The number of hydrogen-bond donors (Lipinski definition) is 1. The molecule has 3 nitrogen and oxygen atoms in total. The van der Waals surface area contributed by atoms with E-state index >= 15 is 0 Å². The SMILES string of the molecule is Nc1cc(F)cc(S(=O)(=O)Cc2csc3ccccc23)c1. The van der Waals surface area contributed by atoms with Gasteiger partial charge in [0.2, 0.25) is 0 Å². The summed E-state index contributed by atoms with van der Waals surface area (Å²) in [5.41, 5.74) is 6.34. The first kappa shape index (κ1) is 14.0. The van der Waals surface area contributed by atoms with Crippen LogP contribution in [0, 0.1) is 5.82 Å². The van der Waals surface area contributed by atoms with Gasteiger partial charge in [-0.25, -0.2) is 12.8 Å². The van der Waals surface area contributed by atoms with Crippen LogP contribution in [0.15, 0.2) is 52.7 Å². The molecule has 0 fully saturated rings. The lowest BCUT2D eigenvalue weighted by Gasteiger charge is -2.05. The second-order valence-corrected chi connectivity index (χ2v) is 7.64. The van der Waals surface area contributed by atoms with Gasteiger partial charge in [0.25, 0.3) is 0 Å². The molecule has 2 aromatic carbocycles. The van der Waals surface area contributed by atoms with Crippen LogP contribution >= 0.6 is 11.3 Å². The number of rotatable bonds is 3. The lowest BCUT2D eigenvalue weighted by molar-refractivity contribution is 0.590. The van der Waals surface area contributed by atoms with E-state index in [1.165, 1.54) is 17.4 Å². The molecule has 0 saturated heterocycles. The molecule has 0 saturated carbocycles. The molecule has 6 heteroatoms. The van der Waals surface area contributed by atoms with E-state index in [1.807, 2.05) is 29.6 Å². The number of sulfone groups is 1. The van der Waals surface area contributed by atoms with Crippen molar-refractivity contribution < 1.29 is 12.8 Å². The number of anilines is 1. The molecule has 3 rings (SSSR count). The number of thiophene rings is 1. The van der Waals surface area contributed by atoms with Crippen molar-refractivity contribution in [2.24, 2.45) is 0 Å². The molecule has 1 heterocycles.